The van der Waals surface area contributed by atoms with Crippen molar-refractivity contribution >= 4 is 11.5 Å². The lowest BCUT2D eigenvalue weighted by molar-refractivity contribution is -0.141. The monoisotopic (exact) mass is 384 g/mol. The van der Waals surface area contributed by atoms with E-state index in [1.165, 1.54) is 16.6 Å². The molecule has 0 aliphatic rings. The quantitative estimate of drug-likeness (QED) is 0.583. The third-order valence-corrected chi connectivity index (χ3v) is 4.26. The second kappa shape index (κ2) is 6.59. The van der Waals surface area contributed by atoms with Crippen molar-refractivity contribution < 1.29 is 13.2 Å². The number of nitrogen functional groups attached to an aromatic ring is 1. The van der Waals surface area contributed by atoms with E-state index in [0.717, 1.165) is 11.6 Å². The summed E-state index contributed by atoms with van der Waals surface area (Å²) in [6, 6.07) is 13.3. The molecule has 6 nitrogen and oxygen atoms in total. The van der Waals surface area contributed by atoms with E-state index in [1.54, 1.807) is 6.92 Å². The molecule has 3 heterocycles. The summed E-state index contributed by atoms with van der Waals surface area (Å²) in [4.78, 5) is 12.4. The number of nitrogens with zero attached hydrogens (tertiary/aromatic N) is 5. The SMILES string of the molecule is Cc1c(-c2cccc(C(F)(F)F)n2)nc(N)c2nc(Cc3ccccc3)nn12. The van der Waals surface area contributed by atoms with Gasteiger partial charge < -0.3 is 5.73 Å². The molecule has 0 aliphatic carbocycles. The van der Waals surface area contributed by atoms with Gasteiger partial charge in [-0.05, 0) is 24.6 Å². The molecule has 0 amide bonds. The molecule has 9 heteroatoms. The van der Waals surface area contributed by atoms with Gasteiger partial charge in [-0.3, -0.25) is 0 Å². The predicted octanol–water partition coefficient (Wildman–Crippen LogP) is 3.69. The van der Waals surface area contributed by atoms with Crippen molar-refractivity contribution in [1.82, 2.24) is 24.6 Å². The normalized spacial score (nSPS) is 11.9. The highest BCUT2D eigenvalue weighted by atomic mass is 19.4. The summed E-state index contributed by atoms with van der Waals surface area (Å²) in [7, 11) is 0. The van der Waals surface area contributed by atoms with E-state index in [1.807, 2.05) is 30.3 Å². The molecule has 4 rings (SSSR count). The van der Waals surface area contributed by atoms with E-state index in [4.69, 9.17) is 5.73 Å². The molecule has 0 saturated carbocycles. The summed E-state index contributed by atoms with van der Waals surface area (Å²) in [6.45, 7) is 1.69. The standard InChI is InChI=1S/C19H15F3N6/c1-11-16(13-8-5-9-14(24-13)19(20,21)22)26-17(23)18-25-15(27-28(11)18)10-12-6-3-2-4-7-12/h2-9H,10H2,1H3,(H2,23,26). The molecule has 0 spiro atoms. The van der Waals surface area contributed by atoms with Crippen LogP contribution in [0.2, 0.25) is 0 Å². The van der Waals surface area contributed by atoms with Crippen LogP contribution in [0.4, 0.5) is 19.0 Å². The van der Waals surface area contributed by atoms with Gasteiger partial charge in [-0.2, -0.15) is 18.3 Å². The minimum atomic E-state index is -4.55. The Morgan fingerprint density at radius 1 is 0.964 bits per heavy atom. The van der Waals surface area contributed by atoms with Gasteiger partial charge in [-0.15, -0.1) is 0 Å². The Morgan fingerprint density at radius 3 is 2.43 bits per heavy atom. The average molecular weight is 384 g/mol. The van der Waals surface area contributed by atoms with Crippen molar-refractivity contribution in [3.63, 3.8) is 0 Å². The van der Waals surface area contributed by atoms with E-state index in [2.05, 4.69) is 20.1 Å². The minimum Gasteiger partial charge on any atom is -0.381 e. The fourth-order valence-corrected chi connectivity index (χ4v) is 2.93. The highest BCUT2D eigenvalue weighted by Crippen LogP contribution is 2.30. The summed E-state index contributed by atoms with van der Waals surface area (Å²) in [5, 5.41) is 4.46. The maximum Gasteiger partial charge on any atom is 0.433 e. The van der Waals surface area contributed by atoms with Gasteiger partial charge in [-0.25, -0.2) is 19.5 Å². The molecule has 3 aromatic heterocycles. The molecule has 1 aromatic carbocycles. The first kappa shape index (κ1) is 17.9. The smallest absolute Gasteiger partial charge is 0.381 e. The maximum absolute atomic E-state index is 13.0. The van der Waals surface area contributed by atoms with Gasteiger partial charge in [0.15, 0.2) is 17.3 Å². The fourth-order valence-electron chi connectivity index (χ4n) is 2.93. The topological polar surface area (TPSA) is 82.0 Å². The number of pyridine rings is 1. The van der Waals surface area contributed by atoms with Crippen molar-refractivity contribution in [2.45, 2.75) is 19.5 Å². The number of hydrogen-bond donors (Lipinski definition) is 1. The van der Waals surface area contributed by atoms with Crippen LogP contribution >= 0.6 is 0 Å². The van der Waals surface area contributed by atoms with E-state index in [0.29, 0.717) is 23.6 Å². The zero-order valence-electron chi connectivity index (χ0n) is 14.8. The van der Waals surface area contributed by atoms with E-state index in [-0.39, 0.29) is 17.2 Å². The van der Waals surface area contributed by atoms with Gasteiger partial charge in [0.2, 0.25) is 0 Å². The molecule has 0 unspecified atom stereocenters. The summed E-state index contributed by atoms with van der Waals surface area (Å²) < 4.78 is 40.5. The van der Waals surface area contributed by atoms with Crippen molar-refractivity contribution in [2.24, 2.45) is 0 Å². The number of alkyl halides is 3. The molecule has 0 fully saturated rings. The van der Waals surface area contributed by atoms with E-state index in [9.17, 15) is 13.2 Å². The van der Waals surface area contributed by atoms with Crippen LogP contribution in [0.5, 0.6) is 0 Å². The number of fused-ring (bicyclic) bond motifs is 1. The van der Waals surface area contributed by atoms with Crippen molar-refractivity contribution in [1.29, 1.82) is 0 Å². The van der Waals surface area contributed by atoms with Crippen molar-refractivity contribution in [3.05, 3.63) is 71.3 Å². The fraction of sp³-hybridized carbons (Fsp3) is 0.158. The second-order valence-electron chi connectivity index (χ2n) is 6.26. The molecule has 2 N–H and O–H groups in total. The van der Waals surface area contributed by atoms with Gasteiger partial charge in [0.1, 0.15) is 11.4 Å². The zero-order valence-corrected chi connectivity index (χ0v) is 14.8. The molecule has 0 radical (unpaired) electrons. The number of anilines is 1. The molecular weight excluding hydrogens is 369 g/mol. The van der Waals surface area contributed by atoms with E-state index < -0.39 is 11.9 Å². The van der Waals surface area contributed by atoms with Gasteiger partial charge >= 0.3 is 6.18 Å². The molecule has 4 aromatic rings. The van der Waals surface area contributed by atoms with Gasteiger partial charge in [0, 0.05) is 6.42 Å². The van der Waals surface area contributed by atoms with Gasteiger partial charge in [0.05, 0.1) is 11.4 Å². The molecule has 142 valence electrons. The predicted molar refractivity (Wildman–Crippen MR) is 97.4 cm³/mol. The lowest BCUT2D eigenvalue weighted by Crippen LogP contribution is -2.10. The molecule has 0 saturated heterocycles. The Bertz CT molecular complexity index is 1150. The Morgan fingerprint density at radius 2 is 1.71 bits per heavy atom. The van der Waals surface area contributed by atoms with Crippen LogP contribution in [-0.4, -0.2) is 24.6 Å². The molecule has 0 atom stereocenters. The van der Waals surface area contributed by atoms with Crippen LogP contribution in [0, 0.1) is 6.92 Å². The van der Waals surface area contributed by atoms with Crippen LogP contribution in [0.1, 0.15) is 22.8 Å². The molecular formula is C19H15F3N6. The largest absolute Gasteiger partial charge is 0.433 e. The second-order valence-corrected chi connectivity index (χ2v) is 6.26. The first-order chi connectivity index (χ1) is 13.3. The average Bonchev–Trinajstić information content (AvgIpc) is 3.10. The molecule has 0 bridgehead atoms. The number of rotatable bonds is 3. The highest BCUT2D eigenvalue weighted by Gasteiger charge is 2.32. The zero-order chi connectivity index (χ0) is 19.9. The molecule has 0 aliphatic heterocycles. The van der Waals surface area contributed by atoms with Gasteiger partial charge in [0.25, 0.3) is 0 Å². The van der Waals surface area contributed by atoms with E-state index >= 15 is 0 Å². The summed E-state index contributed by atoms with van der Waals surface area (Å²) in [5.74, 6) is 0.614. The van der Waals surface area contributed by atoms with Crippen LogP contribution < -0.4 is 5.73 Å². The van der Waals surface area contributed by atoms with Crippen LogP contribution in [-0.2, 0) is 12.6 Å². The Labute approximate surface area is 157 Å². The highest BCUT2D eigenvalue weighted by molar-refractivity contribution is 5.68. The first-order valence-electron chi connectivity index (χ1n) is 8.43. The lowest BCUT2D eigenvalue weighted by Gasteiger charge is -2.10. The number of benzene rings is 1. The number of halogens is 3. The lowest BCUT2D eigenvalue weighted by atomic mass is 10.1. The number of nitrogens with two attached hydrogens (primary N) is 1. The number of aryl methyl sites for hydroxylation is 1. The first-order valence-corrected chi connectivity index (χ1v) is 8.43. The third kappa shape index (κ3) is 3.26. The summed E-state index contributed by atoms with van der Waals surface area (Å²) >= 11 is 0. The number of hydrogen-bond acceptors (Lipinski definition) is 5. The van der Waals surface area contributed by atoms with Crippen molar-refractivity contribution in [3.8, 4) is 11.4 Å². The Balaban J connectivity index is 1.80. The van der Waals surface area contributed by atoms with Crippen LogP contribution in [0.15, 0.2) is 48.5 Å². The Hall–Kier alpha value is -3.49. The number of aromatic nitrogens is 5. The van der Waals surface area contributed by atoms with Crippen LogP contribution in [0.25, 0.3) is 17.0 Å². The summed E-state index contributed by atoms with van der Waals surface area (Å²) in [6.07, 6.45) is -4.05. The van der Waals surface area contributed by atoms with Crippen LogP contribution in [0.3, 0.4) is 0 Å². The van der Waals surface area contributed by atoms with Gasteiger partial charge in [-0.1, -0.05) is 36.4 Å². The Kier molecular flexibility index (Phi) is 4.21. The summed E-state index contributed by atoms with van der Waals surface area (Å²) in [5.41, 5.74) is 7.21. The minimum absolute atomic E-state index is 0.0704. The maximum atomic E-state index is 13.0. The third-order valence-electron chi connectivity index (χ3n) is 4.26. The molecule has 28 heavy (non-hydrogen) atoms. The van der Waals surface area contributed by atoms with Crippen molar-refractivity contribution in [2.75, 3.05) is 5.73 Å².